The van der Waals surface area contributed by atoms with Crippen LogP contribution in [-0.2, 0) is 11.2 Å². The van der Waals surface area contributed by atoms with E-state index in [0.717, 1.165) is 11.3 Å². The summed E-state index contributed by atoms with van der Waals surface area (Å²) in [7, 11) is 5.09. The number of carbonyl (C=O) groups is 2. The normalized spacial score (nSPS) is 10.4. The number of aryl methyl sites for hydroxylation is 1. The first-order valence-electron chi connectivity index (χ1n) is 8.66. The van der Waals surface area contributed by atoms with Crippen molar-refractivity contribution in [3.8, 4) is 11.3 Å². The molecule has 0 atom stereocenters. The van der Waals surface area contributed by atoms with Crippen molar-refractivity contribution >= 4 is 11.9 Å². The first-order valence-corrected chi connectivity index (χ1v) is 8.66. The number of hydrogen-bond acceptors (Lipinski definition) is 4. The topological polar surface area (TPSA) is 78.7 Å². The average molecular weight is 358 g/mol. The lowest BCUT2D eigenvalue weighted by Gasteiger charge is -2.18. The number of amides is 3. The van der Waals surface area contributed by atoms with Gasteiger partial charge in [0.25, 0.3) is 0 Å². The molecule has 0 radical (unpaired) electrons. The fourth-order valence-corrected chi connectivity index (χ4v) is 2.36. The molecule has 1 N–H and O–H groups in total. The second kappa shape index (κ2) is 9.60. The monoisotopic (exact) mass is 358 g/mol. The Hall–Kier alpha value is -2.83. The summed E-state index contributed by atoms with van der Waals surface area (Å²) in [6, 6.07) is 9.63. The predicted molar refractivity (Wildman–Crippen MR) is 99.6 cm³/mol. The molecule has 1 aromatic carbocycles. The second-order valence-corrected chi connectivity index (χ2v) is 6.28. The lowest BCUT2D eigenvalue weighted by atomic mass is 10.2. The maximum absolute atomic E-state index is 12.1. The molecule has 3 amide bonds. The number of aromatic nitrogens is 1. The van der Waals surface area contributed by atoms with Crippen LogP contribution < -0.4 is 5.32 Å². The molecule has 0 bridgehead atoms. The van der Waals surface area contributed by atoms with Gasteiger partial charge in [-0.2, -0.15) is 0 Å². The number of carbonyl (C=O) groups excluding carboxylic acids is 2. The van der Waals surface area contributed by atoms with Crippen LogP contribution in [0.2, 0.25) is 0 Å². The van der Waals surface area contributed by atoms with Gasteiger partial charge in [0.15, 0.2) is 11.7 Å². The van der Waals surface area contributed by atoms with Gasteiger partial charge in [-0.25, -0.2) is 9.78 Å². The second-order valence-electron chi connectivity index (χ2n) is 6.28. The van der Waals surface area contributed by atoms with E-state index in [1.54, 1.807) is 32.2 Å². The molecular weight excluding hydrogens is 332 g/mol. The Morgan fingerprint density at radius 1 is 1.15 bits per heavy atom. The van der Waals surface area contributed by atoms with E-state index in [0.29, 0.717) is 38.2 Å². The zero-order chi connectivity index (χ0) is 18.9. The highest BCUT2D eigenvalue weighted by Crippen LogP contribution is 2.20. The minimum Gasteiger partial charge on any atom is -0.441 e. The Bertz CT molecular complexity index is 713. The Morgan fingerprint density at radius 2 is 1.88 bits per heavy atom. The highest BCUT2D eigenvalue weighted by atomic mass is 16.4. The SMILES string of the molecule is CN(C)C(=O)NCCN(C)C(=O)CCCc1ncc(-c2ccccc2)o1. The van der Waals surface area contributed by atoms with Crippen LogP contribution in [-0.4, -0.2) is 61.0 Å². The summed E-state index contributed by atoms with van der Waals surface area (Å²) in [5.41, 5.74) is 0.988. The average Bonchev–Trinajstić information content (AvgIpc) is 3.11. The van der Waals surface area contributed by atoms with Gasteiger partial charge in [0.2, 0.25) is 5.91 Å². The summed E-state index contributed by atoms with van der Waals surface area (Å²) in [6.07, 6.45) is 3.42. The first-order chi connectivity index (χ1) is 12.5. The molecular formula is C19H26N4O3. The fourth-order valence-electron chi connectivity index (χ4n) is 2.36. The molecule has 1 heterocycles. The number of rotatable bonds is 8. The Labute approximate surface area is 154 Å². The van der Waals surface area contributed by atoms with Gasteiger partial charge in [-0.3, -0.25) is 4.79 Å². The number of urea groups is 1. The van der Waals surface area contributed by atoms with Gasteiger partial charge in [-0.1, -0.05) is 30.3 Å². The lowest BCUT2D eigenvalue weighted by Crippen LogP contribution is -2.40. The summed E-state index contributed by atoms with van der Waals surface area (Å²) in [5.74, 6) is 1.41. The van der Waals surface area contributed by atoms with Crippen LogP contribution in [0.5, 0.6) is 0 Å². The number of nitrogens with one attached hydrogen (secondary N) is 1. The van der Waals surface area contributed by atoms with E-state index in [2.05, 4.69) is 10.3 Å². The van der Waals surface area contributed by atoms with Crippen molar-refractivity contribution in [2.24, 2.45) is 0 Å². The van der Waals surface area contributed by atoms with Gasteiger partial charge in [-0.15, -0.1) is 0 Å². The number of hydrogen-bond donors (Lipinski definition) is 1. The third-order valence-electron chi connectivity index (χ3n) is 3.95. The molecule has 2 aromatic rings. The van der Waals surface area contributed by atoms with Crippen LogP contribution in [0.1, 0.15) is 18.7 Å². The molecule has 0 aliphatic carbocycles. The zero-order valence-electron chi connectivity index (χ0n) is 15.6. The van der Waals surface area contributed by atoms with Crippen LogP contribution in [0.25, 0.3) is 11.3 Å². The van der Waals surface area contributed by atoms with E-state index in [-0.39, 0.29) is 11.9 Å². The summed E-state index contributed by atoms with van der Waals surface area (Å²) < 4.78 is 5.74. The molecule has 26 heavy (non-hydrogen) atoms. The summed E-state index contributed by atoms with van der Waals surface area (Å²) in [4.78, 5) is 30.9. The molecule has 2 rings (SSSR count). The highest BCUT2D eigenvalue weighted by molar-refractivity contribution is 5.76. The first kappa shape index (κ1) is 19.5. The molecule has 0 saturated heterocycles. The Kier molecular flexibility index (Phi) is 7.20. The van der Waals surface area contributed by atoms with Crippen molar-refractivity contribution in [2.45, 2.75) is 19.3 Å². The number of likely N-dealkylation sites (N-methyl/N-ethyl adjacent to an activating group) is 1. The minimum atomic E-state index is -0.163. The molecule has 0 aliphatic rings. The van der Waals surface area contributed by atoms with Gasteiger partial charge in [0, 0.05) is 52.6 Å². The van der Waals surface area contributed by atoms with Crippen LogP contribution in [0.4, 0.5) is 4.79 Å². The van der Waals surface area contributed by atoms with Gasteiger partial charge < -0.3 is 19.5 Å². The third-order valence-corrected chi connectivity index (χ3v) is 3.95. The van der Waals surface area contributed by atoms with Crippen molar-refractivity contribution in [2.75, 3.05) is 34.2 Å². The summed E-state index contributed by atoms with van der Waals surface area (Å²) in [5, 5.41) is 2.74. The molecule has 0 aliphatic heterocycles. The number of oxazole rings is 1. The molecule has 0 spiro atoms. The summed E-state index contributed by atoms with van der Waals surface area (Å²) >= 11 is 0. The fraction of sp³-hybridized carbons (Fsp3) is 0.421. The van der Waals surface area contributed by atoms with Gasteiger partial charge in [0.1, 0.15) is 0 Å². The van der Waals surface area contributed by atoms with Crippen LogP contribution in [0.3, 0.4) is 0 Å². The van der Waals surface area contributed by atoms with E-state index in [1.165, 1.54) is 4.90 Å². The van der Waals surface area contributed by atoms with Crippen LogP contribution in [0.15, 0.2) is 40.9 Å². The molecule has 0 fully saturated rings. The van der Waals surface area contributed by atoms with Crippen LogP contribution >= 0.6 is 0 Å². The smallest absolute Gasteiger partial charge is 0.316 e. The van der Waals surface area contributed by atoms with Crippen molar-refractivity contribution in [1.29, 1.82) is 0 Å². The maximum atomic E-state index is 12.1. The minimum absolute atomic E-state index is 0.0407. The van der Waals surface area contributed by atoms with Crippen LogP contribution in [0, 0.1) is 0 Å². The molecule has 7 heteroatoms. The quantitative estimate of drug-likeness (QED) is 0.786. The largest absolute Gasteiger partial charge is 0.441 e. The zero-order valence-corrected chi connectivity index (χ0v) is 15.6. The standard InChI is InChI=1S/C19H26N4O3/c1-22(2)19(25)20-12-13-23(3)18(24)11-7-10-17-21-14-16(26-17)15-8-5-4-6-9-15/h4-6,8-9,14H,7,10-13H2,1-3H3,(H,20,25). The van der Waals surface area contributed by atoms with Crippen molar-refractivity contribution < 1.29 is 14.0 Å². The molecule has 0 unspecified atom stereocenters. The van der Waals surface area contributed by atoms with E-state index >= 15 is 0 Å². The molecule has 0 saturated carbocycles. The van der Waals surface area contributed by atoms with Crippen molar-refractivity contribution in [3.63, 3.8) is 0 Å². The van der Waals surface area contributed by atoms with Gasteiger partial charge >= 0.3 is 6.03 Å². The molecule has 7 nitrogen and oxygen atoms in total. The highest BCUT2D eigenvalue weighted by Gasteiger charge is 2.11. The number of nitrogens with zero attached hydrogens (tertiary/aromatic N) is 3. The lowest BCUT2D eigenvalue weighted by molar-refractivity contribution is -0.129. The van der Waals surface area contributed by atoms with E-state index < -0.39 is 0 Å². The molecule has 1 aromatic heterocycles. The molecule has 140 valence electrons. The van der Waals surface area contributed by atoms with Gasteiger partial charge in [0.05, 0.1) is 6.20 Å². The predicted octanol–water partition coefficient (Wildman–Crippen LogP) is 2.39. The third kappa shape index (κ3) is 5.91. The Morgan fingerprint density at radius 3 is 2.58 bits per heavy atom. The van der Waals surface area contributed by atoms with Crippen molar-refractivity contribution in [1.82, 2.24) is 20.1 Å². The van der Waals surface area contributed by atoms with E-state index in [1.807, 2.05) is 30.3 Å². The maximum Gasteiger partial charge on any atom is 0.316 e. The Balaban J connectivity index is 1.69. The number of benzene rings is 1. The van der Waals surface area contributed by atoms with Gasteiger partial charge in [-0.05, 0) is 6.42 Å². The van der Waals surface area contributed by atoms with E-state index in [9.17, 15) is 9.59 Å². The van der Waals surface area contributed by atoms with E-state index in [4.69, 9.17) is 4.42 Å². The summed E-state index contributed by atoms with van der Waals surface area (Å²) in [6.45, 7) is 0.912. The van der Waals surface area contributed by atoms with Crippen molar-refractivity contribution in [3.05, 3.63) is 42.4 Å².